The number of phosphoric ester groups is 1. The molecule has 21 heavy (non-hydrogen) atoms. The minimum Gasteiger partial charge on any atom is -0.399 e. The number of rotatable bonds is 6. The van der Waals surface area contributed by atoms with E-state index >= 15 is 0 Å². The third-order valence-corrected chi connectivity index (χ3v) is 3.66. The Hall–Kier alpha value is -1.85. The van der Waals surface area contributed by atoms with Crippen molar-refractivity contribution in [3.8, 4) is 0 Å². The van der Waals surface area contributed by atoms with Gasteiger partial charge in [0.05, 0.1) is 13.2 Å². The predicted molar refractivity (Wildman–Crippen MR) is 81.1 cm³/mol. The first kappa shape index (κ1) is 15.5. The SMILES string of the molecule is Nc1ccc(COP(=O)(O)OCc2ccc(N)cc2)cc1. The Bertz CT molecular complexity index is 575. The second-order valence-corrected chi connectivity index (χ2v) is 5.95. The zero-order valence-corrected chi connectivity index (χ0v) is 12.2. The molecular weight excluding hydrogens is 291 g/mol. The smallest absolute Gasteiger partial charge is 0.399 e. The number of nitrogen functional groups attached to an aromatic ring is 2. The Labute approximate surface area is 122 Å². The highest BCUT2D eigenvalue weighted by Gasteiger charge is 2.21. The van der Waals surface area contributed by atoms with Crippen molar-refractivity contribution in [1.82, 2.24) is 0 Å². The van der Waals surface area contributed by atoms with E-state index in [4.69, 9.17) is 20.5 Å². The third kappa shape index (κ3) is 5.21. The Balaban J connectivity index is 1.85. The van der Waals surface area contributed by atoms with Crippen molar-refractivity contribution in [2.24, 2.45) is 0 Å². The van der Waals surface area contributed by atoms with Gasteiger partial charge in [0.1, 0.15) is 0 Å². The standard InChI is InChI=1S/C14H17N2O4P/c15-13-5-1-11(2-6-13)9-19-21(17,18)20-10-12-3-7-14(16)8-4-12/h1-8H,9-10,15-16H2,(H,17,18). The molecule has 6 nitrogen and oxygen atoms in total. The van der Waals surface area contributed by atoms with E-state index in [9.17, 15) is 9.46 Å². The van der Waals surface area contributed by atoms with Crippen molar-refractivity contribution in [3.05, 3.63) is 59.7 Å². The lowest BCUT2D eigenvalue weighted by molar-refractivity contribution is 0.137. The van der Waals surface area contributed by atoms with E-state index in [-0.39, 0.29) is 13.2 Å². The Morgan fingerprint density at radius 3 is 1.48 bits per heavy atom. The highest BCUT2D eigenvalue weighted by molar-refractivity contribution is 7.47. The molecule has 0 aromatic heterocycles. The molecule has 5 N–H and O–H groups in total. The molecule has 112 valence electrons. The number of anilines is 2. The summed E-state index contributed by atoms with van der Waals surface area (Å²) < 4.78 is 21.6. The molecule has 0 aliphatic heterocycles. The molecule has 0 amide bonds. The highest BCUT2D eigenvalue weighted by atomic mass is 31.2. The molecule has 0 aliphatic carbocycles. The van der Waals surface area contributed by atoms with Crippen LogP contribution in [0.3, 0.4) is 0 Å². The van der Waals surface area contributed by atoms with Crippen LogP contribution in [-0.2, 0) is 26.8 Å². The fourth-order valence-electron chi connectivity index (χ4n) is 1.58. The van der Waals surface area contributed by atoms with Gasteiger partial charge in [-0.2, -0.15) is 0 Å². The molecule has 0 saturated heterocycles. The van der Waals surface area contributed by atoms with Crippen LogP contribution in [0.4, 0.5) is 11.4 Å². The van der Waals surface area contributed by atoms with Gasteiger partial charge in [0.25, 0.3) is 0 Å². The minimum absolute atomic E-state index is 0.0319. The third-order valence-electron chi connectivity index (χ3n) is 2.75. The van der Waals surface area contributed by atoms with Crippen LogP contribution in [0.25, 0.3) is 0 Å². The molecule has 0 bridgehead atoms. The fourth-order valence-corrected chi connectivity index (χ4v) is 2.28. The van der Waals surface area contributed by atoms with E-state index in [1.165, 1.54) is 0 Å². The van der Waals surface area contributed by atoms with E-state index in [0.29, 0.717) is 11.4 Å². The van der Waals surface area contributed by atoms with E-state index in [1.807, 2.05) is 0 Å². The Morgan fingerprint density at radius 1 is 0.810 bits per heavy atom. The maximum atomic E-state index is 11.8. The van der Waals surface area contributed by atoms with Crippen LogP contribution in [0.15, 0.2) is 48.5 Å². The van der Waals surface area contributed by atoms with E-state index in [1.54, 1.807) is 48.5 Å². The van der Waals surface area contributed by atoms with E-state index in [0.717, 1.165) is 11.1 Å². The van der Waals surface area contributed by atoms with Crippen LogP contribution in [0.5, 0.6) is 0 Å². The molecule has 0 spiro atoms. The summed E-state index contributed by atoms with van der Waals surface area (Å²) in [6, 6.07) is 13.6. The first-order valence-electron chi connectivity index (χ1n) is 6.25. The van der Waals surface area contributed by atoms with Crippen LogP contribution >= 0.6 is 7.82 Å². The number of benzene rings is 2. The second-order valence-electron chi connectivity index (χ2n) is 4.50. The summed E-state index contributed by atoms with van der Waals surface area (Å²) in [5.41, 5.74) is 13.8. The average molecular weight is 308 g/mol. The zero-order valence-electron chi connectivity index (χ0n) is 11.3. The lowest BCUT2D eigenvalue weighted by atomic mass is 10.2. The summed E-state index contributed by atoms with van der Waals surface area (Å²) in [6.07, 6.45) is 0. The number of nitrogens with two attached hydrogens (primary N) is 2. The molecule has 0 aliphatic rings. The molecule has 0 fully saturated rings. The minimum atomic E-state index is -4.11. The van der Waals surface area contributed by atoms with Crippen LogP contribution in [-0.4, -0.2) is 4.89 Å². The van der Waals surface area contributed by atoms with Crippen LogP contribution in [0.1, 0.15) is 11.1 Å². The molecule has 2 aromatic rings. The topological polar surface area (TPSA) is 108 Å². The normalized spacial score (nSPS) is 11.5. The summed E-state index contributed by atoms with van der Waals surface area (Å²) >= 11 is 0. The van der Waals surface area contributed by atoms with Gasteiger partial charge >= 0.3 is 7.82 Å². The summed E-state index contributed by atoms with van der Waals surface area (Å²) in [6.45, 7) is -0.0639. The quantitative estimate of drug-likeness (QED) is 0.559. The summed E-state index contributed by atoms with van der Waals surface area (Å²) in [5.74, 6) is 0. The largest absolute Gasteiger partial charge is 0.472 e. The number of phosphoric acid groups is 1. The molecule has 0 unspecified atom stereocenters. The second kappa shape index (κ2) is 6.74. The van der Waals surface area contributed by atoms with Gasteiger partial charge in [0, 0.05) is 11.4 Å². The average Bonchev–Trinajstić information content (AvgIpc) is 2.46. The highest BCUT2D eigenvalue weighted by Crippen LogP contribution is 2.44. The zero-order chi connectivity index (χ0) is 15.3. The summed E-state index contributed by atoms with van der Waals surface area (Å²) in [4.78, 5) is 9.61. The van der Waals surface area contributed by atoms with Gasteiger partial charge in [-0.25, -0.2) is 4.57 Å². The van der Waals surface area contributed by atoms with Gasteiger partial charge in [0.2, 0.25) is 0 Å². The van der Waals surface area contributed by atoms with Crippen LogP contribution in [0.2, 0.25) is 0 Å². The molecule has 0 radical (unpaired) electrons. The fraction of sp³-hybridized carbons (Fsp3) is 0.143. The van der Waals surface area contributed by atoms with Gasteiger partial charge in [0.15, 0.2) is 0 Å². The molecule has 0 heterocycles. The van der Waals surface area contributed by atoms with E-state index in [2.05, 4.69) is 0 Å². The maximum absolute atomic E-state index is 11.8. The van der Waals surface area contributed by atoms with Crippen LogP contribution < -0.4 is 11.5 Å². The first-order chi connectivity index (χ1) is 9.94. The van der Waals surface area contributed by atoms with Gasteiger partial charge in [-0.15, -0.1) is 0 Å². The van der Waals surface area contributed by atoms with Crippen molar-refractivity contribution in [2.45, 2.75) is 13.2 Å². The van der Waals surface area contributed by atoms with Gasteiger partial charge in [-0.3, -0.25) is 9.05 Å². The van der Waals surface area contributed by atoms with Gasteiger partial charge in [-0.1, -0.05) is 24.3 Å². The van der Waals surface area contributed by atoms with Crippen LogP contribution in [0, 0.1) is 0 Å². The predicted octanol–water partition coefficient (Wildman–Crippen LogP) is 2.68. The molecular formula is C14H17N2O4P. The van der Waals surface area contributed by atoms with Crippen molar-refractivity contribution in [3.63, 3.8) is 0 Å². The molecule has 7 heteroatoms. The molecule has 0 saturated carbocycles. The van der Waals surface area contributed by atoms with Crippen molar-refractivity contribution in [1.29, 1.82) is 0 Å². The maximum Gasteiger partial charge on any atom is 0.472 e. The van der Waals surface area contributed by atoms with Gasteiger partial charge < -0.3 is 16.4 Å². The molecule has 2 aromatic carbocycles. The Morgan fingerprint density at radius 2 is 1.14 bits per heavy atom. The first-order valence-corrected chi connectivity index (χ1v) is 7.75. The summed E-state index contributed by atoms with van der Waals surface area (Å²) in [5, 5.41) is 0. The molecule has 2 rings (SSSR count). The van der Waals surface area contributed by atoms with Gasteiger partial charge in [-0.05, 0) is 35.4 Å². The lowest BCUT2D eigenvalue weighted by Crippen LogP contribution is -1.97. The Kier molecular flexibility index (Phi) is 4.98. The van der Waals surface area contributed by atoms with E-state index < -0.39 is 7.82 Å². The monoisotopic (exact) mass is 308 g/mol. The summed E-state index contributed by atoms with van der Waals surface area (Å²) in [7, 11) is -4.11. The number of hydrogen-bond acceptors (Lipinski definition) is 5. The molecule has 0 atom stereocenters. The lowest BCUT2D eigenvalue weighted by Gasteiger charge is -2.12. The van der Waals surface area contributed by atoms with Crippen molar-refractivity contribution >= 4 is 19.2 Å². The number of hydrogen-bond donors (Lipinski definition) is 3. The van der Waals surface area contributed by atoms with Crippen molar-refractivity contribution < 1.29 is 18.5 Å². The van der Waals surface area contributed by atoms with Crippen molar-refractivity contribution in [2.75, 3.05) is 11.5 Å².